The van der Waals surface area contributed by atoms with Crippen LogP contribution in [0.15, 0.2) is 6.07 Å². The van der Waals surface area contributed by atoms with Gasteiger partial charge in [0.1, 0.15) is 11.3 Å². The van der Waals surface area contributed by atoms with E-state index in [0.717, 1.165) is 0 Å². The molecule has 9 heteroatoms. The van der Waals surface area contributed by atoms with Gasteiger partial charge in [0, 0.05) is 0 Å². The zero-order valence-electron chi connectivity index (χ0n) is 7.49. The first kappa shape index (κ1) is 12.2. The number of halogens is 3. The number of hydrogen-bond acceptors (Lipinski definition) is 5. The number of carbonyl (C=O) groups excluding carboxylic acids is 1. The number of pyridine rings is 1. The van der Waals surface area contributed by atoms with Crippen molar-refractivity contribution in [3.05, 3.63) is 27.4 Å². The average Bonchev–Trinajstić information content (AvgIpc) is 2.15. The fourth-order valence-electron chi connectivity index (χ4n) is 1.03. The van der Waals surface area contributed by atoms with Crippen LogP contribution in [0.25, 0.3) is 0 Å². The van der Waals surface area contributed by atoms with Crippen LogP contribution in [0.4, 0.5) is 20.3 Å². The Balaban J connectivity index is 3.52. The Hall–Kier alpha value is -1.83. The highest BCUT2D eigenvalue weighted by atomic mass is 35.5. The minimum atomic E-state index is -3.00. The monoisotopic (exact) mass is 251 g/mol. The quantitative estimate of drug-likeness (QED) is 0.502. The van der Waals surface area contributed by atoms with Gasteiger partial charge >= 0.3 is 5.69 Å². The summed E-state index contributed by atoms with van der Waals surface area (Å²) in [5, 5.41) is 9.27. The van der Waals surface area contributed by atoms with Gasteiger partial charge in [-0.2, -0.15) is 0 Å². The summed E-state index contributed by atoms with van der Waals surface area (Å²) in [6.07, 6.45) is -3.00. The first-order valence-corrected chi connectivity index (χ1v) is 4.15. The van der Waals surface area contributed by atoms with Gasteiger partial charge in [-0.1, -0.05) is 0 Å². The van der Waals surface area contributed by atoms with Crippen molar-refractivity contribution >= 4 is 28.3 Å². The Morgan fingerprint density at radius 1 is 1.62 bits per heavy atom. The van der Waals surface area contributed by atoms with E-state index in [1.54, 1.807) is 0 Å². The van der Waals surface area contributed by atoms with Crippen molar-refractivity contribution in [2.45, 2.75) is 6.43 Å². The van der Waals surface area contributed by atoms with Gasteiger partial charge in [-0.15, -0.1) is 0 Å². The van der Waals surface area contributed by atoms with E-state index in [2.05, 4.69) is 4.98 Å². The van der Waals surface area contributed by atoms with Gasteiger partial charge in [-0.05, 0) is 17.7 Å². The molecule has 0 radical (unpaired) electrons. The van der Waals surface area contributed by atoms with Crippen LogP contribution >= 0.6 is 11.6 Å². The number of alkyl halides is 2. The zero-order chi connectivity index (χ0) is 12.5. The molecule has 0 unspecified atom stereocenters. The third-order valence-corrected chi connectivity index (χ3v) is 1.86. The summed E-state index contributed by atoms with van der Waals surface area (Å²) < 4.78 is 24.6. The first-order chi connectivity index (χ1) is 7.34. The van der Waals surface area contributed by atoms with E-state index in [4.69, 9.17) is 17.3 Å². The smallest absolute Gasteiger partial charge is 0.323 e. The highest BCUT2D eigenvalue weighted by Crippen LogP contribution is 2.30. The van der Waals surface area contributed by atoms with Crippen molar-refractivity contribution in [2.24, 2.45) is 0 Å². The first-order valence-electron chi connectivity index (χ1n) is 3.77. The standard InChI is InChI=1S/C7H4ClF2N3O3/c8-5(14)2-1-3(6(9)10)12-7(11)4(2)13(15)16/h1,6H,(H2,11,12). The predicted octanol–water partition coefficient (Wildman–Crippen LogP) is 1.89. The maximum Gasteiger partial charge on any atom is 0.323 e. The Labute approximate surface area is 92.2 Å². The van der Waals surface area contributed by atoms with E-state index >= 15 is 0 Å². The molecule has 0 fully saturated rings. The van der Waals surface area contributed by atoms with Crippen LogP contribution in [0.5, 0.6) is 0 Å². The Kier molecular flexibility index (Phi) is 3.33. The van der Waals surface area contributed by atoms with Crippen molar-refractivity contribution in [3.63, 3.8) is 0 Å². The van der Waals surface area contributed by atoms with Gasteiger partial charge in [0.25, 0.3) is 11.7 Å². The van der Waals surface area contributed by atoms with Crippen molar-refractivity contribution < 1.29 is 18.5 Å². The molecule has 0 saturated heterocycles. The van der Waals surface area contributed by atoms with Gasteiger partial charge in [-0.3, -0.25) is 14.9 Å². The number of nitro groups is 1. The highest BCUT2D eigenvalue weighted by molar-refractivity contribution is 6.68. The van der Waals surface area contributed by atoms with E-state index in [-0.39, 0.29) is 0 Å². The molecule has 0 atom stereocenters. The van der Waals surface area contributed by atoms with Gasteiger partial charge in [-0.25, -0.2) is 13.8 Å². The maximum absolute atomic E-state index is 12.3. The van der Waals surface area contributed by atoms with Gasteiger partial charge in [0.15, 0.2) is 0 Å². The molecule has 1 rings (SSSR count). The molecule has 16 heavy (non-hydrogen) atoms. The molecule has 1 heterocycles. The number of nitrogen functional groups attached to an aromatic ring is 1. The molecule has 0 saturated carbocycles. The van der Waals surface area contributed by atoms with E-state index < -0.39 is 39.4 Å². The van der Waals surface area contributed by atoms with Gasteiger partial charge in [0.2, 0.25) is 5.82 Å². The fourth-order valence-corrected chi connectivity index (χ4v) is 1.18. The predicted molar refractivity (Wildman–Crippen MR) is 50.4 cm³/mol. The molecule has 1 aromatic rings. The van der Waals surface area contributed by atoms with Crippen LogP contribution in [0.1, 0.15) is 22.5 Å². The molecule has 0 aliphatic carbocycles. The molecule has 0 spiro atoms. The molecule has 6 nitrogen and oxygen atoms in total. The normalized spacial score (nSPS) is 10.5. The Morgan fingerprint density at radius 2 is 2.19 bits per heavy atom. The lowest BCUT2D eigenvalue weighted by molar-refractivity contribution is -0.384. The van der Waals surface area contributed by atoms with E-state index in [1.165, 1.54) is 0 Å². The number of nitrogens with two attached hydrogens (primary N) is 1. The van der Waals surface area contributed by atoms with Crippen molar-refractivity contribution in [1.29, 1.82) is 0 Å². The molecule has 2 N–H and O–H groups in total. The summed E-state index contributed by atoms with van der Waals surface area (Å²) in [7, 11) is 0. The average molecular weight is 252 g/mol. The SMILES string of the molecule is Nc1nc(C(F)F)cc(C(=O)Cl)c1[N+](=O)[O-]. The summed E-state index contributed by atoms with van der Waals surface area (Å²) in [5.74, 6) is -0.771. The Morgan fingerprint density at radius 3 is 2.56 bits per heavy atom. The van der Waals surface area contributed by atoms with Crippen molar-refractivity contribution in [1.82, 2.24) is 4.98 Å². The third kappa shape index (κ3) is 2.22. The molecular weight excluding hydrogens is 248 g/mol. The van der Waals surface area contributed by atoms with Crippen LogP contribution in [-0.4, -0.2) is 15.1 Å². The van der Waals surface area contributed by atoms with Crippen molar-refractivity contribution in [2.75, 3.05) is 5.73 Å². The minimum Gasteiger partial charge on any atom is -0.378 e. The van der Waals surface area contributed by atoms with Crippen molar-refractivity contribution in [3.8, 4) is 0 Å². The second kappa shape index (κ2) is 4.35. The van der Waals surface area contributed by atoms with Gasteiger partial charge < -0.3 is 5.73 Å². The van der Waals surface area contributed by atoms with Crippen LogP contribution in [0.3, 0.4) is 0 Å². The van der Waals surface area contributed by atoms with E-state index in [1.807, 2.05) is 0 Å². The lowest BCUT2D eigenvalue weighted by Gasteiger charge is -2.04. The number of aromatic nitrogens is 1. The lowest BCUT2D eigenvalue weighted by Crippen LogP contribution is -2.07. The summed E-state index contributed by atoms with van der Waals surface area (Å²) in [4.78, 5) is 23.5. The molecular formula is C7H4ClF2N3O3. The van der Waals surface area contributed by atoms with E-state index in [9.17, 15) is 23.7 Å². The van der Waals surface area contributed by atoms with Crippen LogP contribution in [-0.2, 0) is 0 Å². The molecule has 86 valence electrons. The minimum absolute atomic E-state index is 0.550. The number of nitrogens with zero attached hydrogens (tertiary/aromatic N) is 2. The number of hydrogen-bond donors (Lipinski definition) is 1. The largest absolute Gasteiger partial charge is 0.378 e. The summed E-state index contributed by atoms with van der Waals surface area (Å²) in [5.41, 5.74) is 2.69. The number of anilines is 1. The maximum atomic E-state index is 12.3. The van der Waals surface area contributed by atoms with Crippen LogP contribution < -0.4 is 5.73 Å². The second-order valence-corrected chi connectivity index (χ2v) is 3.00. The topological polar surface area (TPSA) is 99.1 Å². The summed E-state index contributed by atoms with van der Waals surface area (Å²) >= 11 is 5.03. The third-order valence-electron chi connectivity index (χ3n) is 1.66. The number of rotatable bonds is 3. The van der Waals surface area contributed by atoms with Gasteiger partial charge in [0.05, 0.1) is 4.92 Å². The van der Waals surface area contributed by atoms with Crippen LogP contribution in [0.2, 0.25) is 0 Å². The molecule has 0 aromatic carbocycles. The lowest BCUT2D eigenvalue weighted by atomic mass is 10.2. The second-order valence-electron chi connectivity index (χ2n) is 2.66. The number of carbonyl (C=O) groups is 1. The fraction of sp³-hybridized carbons (Fsp3) is 0.143. The highest BCUT2D eigenvalue weighted by Gasteiger charge is 2.27. The molecule has 1 aromatic heterocycles. The molecule has 0 amide bonds. The molecule has 0 bridgehead atoms. The zero-order valence-corrected chi connectivity index (χ0v) is 8.24. The summed E-state index contributed by atoms with van der Waals surface area (Å²) in [6.45, 7) is 0. The van der Waals surface area contributed by atoms with E-state index in [0.29, 0.717) is 6.07 Å². The molecule has 0 aliphatic rings. The summed E-state index contributed by atoms with van der Waals surface area (Å²) in [6, 6.07) is 0.550. The molecule has 0 aliphatic heterocycles. The Bertz CT molecular complexity index is 466. The van der Waals surface area contributed by atoms with Crippen LogP contribution in [0, 0.1) is 10.1 Å².